The minimum Gasteiger partial charge on any atom is -0.342 e. The number of carbonyl (C=O) groups excluding carboxylic acids is 2. The van der Waals surface area contributed by atoms with E-state index in [9.17, 15) is 9.59 Å². The number of hydrogen-bond donors (Lipinski definition) is 1. The molecule has 2 amide bonds. The Bertz CT molecular complexity index is 347. The molecule has 0 aromatic carbocycles. The Hall–Kier alpha value is -1.10. The van der Waals surface area contributed by atoms with Crippen LogP contribution in [0.1, 0.15) is 34.1 Å². The molecule has 0 radical (unpaired) electrons. The van der Waals surface area contributed by atoms with Gasteiger partial charge < -0.3 is 15.1 Å². The standard InChI is InChI=1S/C14H27N3O2/c1-10(7-8-16(5)6)17-9-11(18)15-12(13(17)19)14(2,3)4/h10,12H,7-9H2,1-6H3,(H,15,18). The van der Waals surface area contributed by atoms with Crippen LogP contribution in [0.2, 0.25) is 0 Å². The number of rotatable bonds is 4. The molecule has 0 aromatic heterocycles. The lowest BCUT2D eigenvalue weighted by Crippen LogP contribution is -2.64. The Morgan fingerprint density at radius 1 is 1.37 bits per heavy atom. The van der Waals surface area contributed by atoms with Gasteiger partial charge in [0.05, 0.1) is 6.54 Å². The van der Waals surface area contributed by atoms with Crippen LogP contribution in [0.25, 0.3) is 0 Å². The largest absolute Gasteiger partial charge is 0.342 e. The molecule has 2 atom stereocenters. The molecule has 0 saturated carbocycles. The quantitative estimate of drug-likeness (QED) is 0.817. The van der Waals surface area contributed by atoms with Gasteiger partial charge in [-0.15, -0.1) is 0 Å². The third-order valence-corrected chi connectivity index (χ3v) is 3.54. The minimum absolute atomic E-state index is 0.0401. The van der Waals surface area contributed by atoms with Crippen LogP contribution in [0, 0.1) is 5.41 Å². The summed E-state index contributed by atoms with van der Waals surface area (Å²) < 4.78 is 0. The van der Waals surface area contributed by atoms with Gasteiger partial charge in [0.2, 0.25) is 11.8 Å². The van der Waals surface area contributed by atoms with Crippen LogP contribution in [-0.2, 0) is 9.59 Å². The van der Waals surface area contributed by atoms with E-state index in [4.69, 9.17) is 0 Å². The molecule has 1 fully saturated rings. The Morgan fingerprint density at radius 3 is 2.42 bits per heavy atom. The monoisotopic (exact) mass is 269 g/mol. The topological polar surface area (TPSA) is 52.6 Å². The highest BCUT2D eigenvalue weighted by Gasteiger charge is 2.41. The van der Waals surface area contributed by atoms with Gasteiger partial charge in [0.15, 0.2) is 0 Å². The summed E-state index contributed by atoms with van der Waals surface area (Å²) in [6.45, 7) is 9.03. The average molecular weight is 269 g/mol. The molecule has 110 valence electrons. The van der Waals surface area contributed by atoms with Crippen LogP contribution in [0.15, 0.2) is 0 Å². The van der Waals surface area contributed by atoms with Crippen LogP contribution < -0.4 is 5.32 Å². The zero-order valence-corrected chi connectivity index (χ0v) is 13.0. The molecule has 19 heavy (non-hydrogen) atoms. The molecule has 1 aliphatic heterocycles. The first kappa shape index (κ1) is 16.0. The summed E-state index contributed by atoms with van der Waals surface area (Å²) in [4.78, 5) is 28.1. The molecule has 1 N–H and O–H groups in total. The Balaban J connectivity index is 2.77. The smallest absolute Gasteiger partial charge is 0.246 e. The highest BCUT2D eigenvalue weighted by molar-refractivity contribution is 5.95. The highest BCUT2D eigenvalue weighted by Crippen LogP contribution is 2.24. The second kappa shape index (κ2) is 5.90. The van der Waals surface area contributed by atoms with Crippen LogP contribution >= 0.6 is 0 Å². The first-order chi connectivity index (χ1) is 8.62. The van der Waals surface area contributed by atoms with E-state index < -0.39 is 6.04 Å². The van der Waals surface area contributed by atoms with Crippen molar-refractivity contribution in [3.63, 3.8) is 0 Å². The number of nitrogens with zero attached hydrogens (tertiary/aromatic N) is 2. The van der Waals surface area contributed by atoms with Crippen LogP contribution in [0.3, 0.4) is 0 Å². The predicted octanol–water partition coefficient (Wildman–Crippen LogP) is 0.700. The van der Waals surface area contributed by atoms with E-state index in [1.165, 1.54) is 0 Å². The Labute approximate surface area is 116 Å². The molecule has 1 aliphatic rings. The number of amides is 2. The fraction of sp³-hybridized carbons (Fsp3) is 0.857. The summed E-state index contributed by atoms with van der Waals surface area (Å²) >= 11 is 0. The van der Waals surface area contributed by atoms with Crippen molar-refractivity contribution in [2.75, 3.05) is 27.2 Å². The van der Waals surface area contributed by atoms with Crippen LogP contribution in [0.5, 0.6) is 0 Å². The van der Waals surface area contributed by atoms with Gasteiger partial charge in [-0.2, -0.15) is 0 Å². The molecule has 0 aliphatic carbocycles. The first-order valence-electron chi connectivity index (χ1n) is 6.87. The molecule has 1 heterocycles. The van der Waals surface area contributed by atoms with Crippen molar-refractivity contribution in [1.82, 2.24) is 15.1 Å². The van der Waals surface area contributed by atoms with Gasteiger partial charge in [-0.05, 0) is 39.4 Å². The van der Waals surface area contributed by atoms with E-state index in [-0.39, 0.29) is 29.8 Å². The van der Waals surface area contributed by atoms with Crippen molar-refractivity contribution in [2.24, 2.45) is 5.41 Å². The molecule has 0 aromatic rings. The van der Waals surface area contributed by atoms with Crippen molar-refractivity contribution in [2.45, 2.75) is 46.2 Å². The molecule has 1 saturated heterocycles. The van der Waals surface area contributed by atoms with E-state index >= 15 is 0 Å². The zero-order valence-electron chi connectivity index (χ0n) is 13.0. The molecule has 0 spiro atoms. The highest BCUT2D eigenvalue weighted by atomic mass is 16.2. The second-order valence-electron chi connectivity index (χ2n) is 6.77. The van der Waals surface area contributed by atoms with E-state index in [1.807, 2.05) is 41.8 Å². The van der Waals surface area contributed by atoms with Gasteiger partial charge >= 0.3 is 0 Å². The molecule has 2 unspecified atom stereocenters. The normalized spacial score (nSPS) is 22.7. The summed E-state index contributed by atoms with van der Waals surface area (Å²) in [5.74, 6) is -0.0189. The third kappa shape index (κ3) is 4.20. The molecule has 5 heteroatoms. The van der Waals surface area contributed by atoms with E-state index in [0.717, 1.165) is 13.0 Å². The van der Waals surface area contributed by atoms with Gasteiger partial charge in [0, 0.05) is 6.04 Å². The SMILES string of the molecule is CC(CCN(C)C)N1CC(=O)NC(C(C)(C)C)C1=O. The lowest BCUT2D eigenvalue weighted by atomic mass is 9.84. The lowest BCUT2D eigenvalue weighted by molar-refractivity contribution is -0.149. The summed E-state index contributed by atoms with van der Waals surface area (Å²) in [6.07, 6.45) is 0.878. The van der Waals surface area contributed by atoms with Crippen LogP contribution in [-0.4, -0.2) is 60.9 Å². The minimum atomic E-state index is -0.421. The summed E-state index contributed by atoms with van der Waals surface area (Å²) in [7, 11) is 4.02. The molecule has 5 nitrogen and oxygen atoms in total. The summed E-state index contributed by atoms with van der Waals surface area (Å²) in [5, 5.41) is 2.82. The van der Waals surface area contributed by atoms with E-state index in [1.54, 1.807) is 4.90 Å². The van der Waals surface area contributed by atoms with Gasteiger partial charge in [0.25, 0.3) is 0 Å². The fourth-order valence-corrected chi connectivity index (χ4v) is 2.23. The maximum absolute atomic E-state index is 12.5. The van der Waals surface area contributed by atoms with Crippen LogP contribution in [0.4, 0.5) is 0 Å². The van der Waals surface area contributed by atoms with Gasteiger partial charge in [-0.1, -0.05) is 20.8 Å². The Kier molecular flexibility index (Phi) is 4.96. The number of piperazine rings is 1. The molecular formula is C14H27N3O2. The van der Waals surface area contributed by atoms with E-state index in [0.29, 0.717) is 0 Å². The van der Waals surface area contributed by atoms with Crippen molar-refractivity contribution in [1.29, 1.82) is 0 Å². The van der Waals surface area contributed by atoms with E-state index in [2.05, 4.69) is 10.2 Å². The number of carbonyl (C=O) groups is 2. The Morgan fingerprint density at radius 2 is 1.95 bits per heavy atom. The maximum atomic E-state index is 12.5. The lowest BCUT2D eigenvalue weighted by Gasteiger charge is -2.41. The maximum Gasteiger partial charge on any atom is 0.246 e. The van der Waals surface area contributed by atoms with Crippen molar-refractivity contribution in [3.05, 3.63) is 0 Å². The molecule has 0 bridgehead atoms. The second-order valence-corrected chi connectivity index (χ2v) is 6.77. The van der Waals surface area contributed by atoms with Gasteiger partial charge in [-0.3, -0.25) is 9.59 Å². The van der Waals surface area contributed by atoms with Crippen molar-refractivity contribution < 1.29 is 9.59 Å². The zero-order chi connectivity index (χ0) is 14.8. The van der Waals surface area contributed by atoms with Crippen molar-refractivity contribution in [3.8, 4) is 0 Å². The molecule has 1 rings (SSSR count). The predicted molar refractivity (Wildman–Crippen MR) is 75.7 cm³/mol. The fourth-order valence-electron chi connectivity index (χ4n) is 2.23. The average Bonchev–Trinajstić information content (AvgIpc) is 2.27. The van der Waals surface area contributed by atoms with Gasteiger partial charge in [-0.25, -0.2) is 0 Å². The summed E-state index contributed by atoms with van der Waals surface area (Å²) in [6, 6.07) is -0.332. The summed E-state index contributed by atoms with van der Waals surface area (Å²) in [5.41, 5.74) is -0.257. The third-order valence-electron chi connectivity index (χ3n) is 3.54. The number of hydrogen-bond acceptors (Lipinski definition) is 3. The first-order valence-corrected chi connectivity index (χ1v) is 6.87. The molecular weight excluding hydrogens is 242 g/mol. The van der Waals surface area contributed by atoms with Crippen molar-refractivity contribution >= 4 is 11.8 Å². The number of nitrogens with one attached hydrogen (secondary N) is 1. The van der Waals surface area contributed by atoms with Gasteiger partial charge in [0.1, 0.15) is 6.04 Å².